The smallest absolute Gasteiger partial charge is 0.390 e. The Labute approximate surface area is 432 Å². The van der Waals surface area contributed by atoms with E-state index in [9.17, 15) is 44.6 Å². The van der Waals surface area contributed by atoms with Gasteiger partial charge in [-0.1, -0.05) is 214 Å². The van der Waals surface area contributed by atoms with E-state index in [1.807, 2.05) is 41.5 Å². The van der Waals surface area contributed by atoms with Crippen molar-refractivity contribution in [2.75, 3.05) is 13.3 Å². The largest absolute Gasteiger partial charge is 0.394 e. The summed E-state index contributed by atoms with van der Waals surface area (Å²) in [7, 11) is 0. The number of alkyl halides is 9. The minimum atomic E-state index is -4.08. The van der Waals surface area contributed by atoms with Crippen molar-refractivity contribution in [2.24, 2.45) is 80.3 Å². The molecular formula is C59H125F9O2. The van der Waals surface area contributed by atoms with Crippen molar-refractivity contribution in [3.8, 4) is 0 Å². The molecule has 2 N–H and O–H groups in total. The molecule has 0 bridgehead atoms. The number of halogens is 9. The van der Waals surface area contributed by atoms with Crippen LogP contribution in [0.2, 0.25) is 0 Å². The van der Waals surface area contributed by atoms with Crippen LogP contribution in [0.25, 0.3) is 0 Å². The summed E-state index contributed by atoms with van der Waals surface area (Å²) in [5, 5.41) is 18.3. The maximum absolute atomic E-state index is 12.1. The van der Waals surface area contributed by atoms with Gasteiger partial charge in [-0.3, -0.25) is 8.78 Å². The van der Waals surface area contributed by atoms with Crippen molar-refractivity contribution in [3.63, 3.8) is 0 Å². The molecule has 0 spiro atoms. The summed E-state index contributed by atoms with van der Waals surface area (Å²) in [5.74, 6) is 0.119. The standard InChI is InChI=1S/C11H22.C8H18.C7H13F3.C7H14F2.C7H16O.C7H16.C6H12F2O.C5H10F2.CH4/c1-9(2)11(3,4)10-7-5-6-8-10;1-7(2)6-8(3,4)5;1-5(2)6(3,4)7(8,9)10;1-6(2)7(3,4-8)5-9;1-5-7(4,8)6(2)3;1-6(2)7(3,4)5;1-4(2)6(3,9)5(7)8;1-4(2)5(3,6)7;/h9-10H,5-8H2,1-4H3;7H,6H2,1-5H3;5H,1-4H3;6H,4-5H2,1-3H3;6,8H,5H2,1-4H3;6H,1-5H3;4-5,9H,1-3H3;4H,1-3H3;1H4. The molecule has 0 aromatic carbocycles. The molecule has 0 radical (unpaired) electrons. The monoisotopic (exact) mass is 1040 g/mol. The van der Waals surface area contributed by atoms with E-state index in [2.05, 4.69) is 96.9 Å². The summed E-state index contributed by atoms with van der Waals surface area (Å²) in [6, 6.07) is 0. The van der Waals surface area contributed by atoms with Gasteiger partial charge in [-0.15, -0.1) is 0 Å². The summed E-state index contributed by atoms with van der Waals surface area (Å²) in [4.78, 5) is 0. The second kappa shape index (κ2) is 37.1. The quantitative estimate of drug-likeness (QED) is 0.191. The first-order chi connectivity index (χ1) is 30.0. The van der Waals surface area contributed by atoms with Gasteiger partial charge in [0.1, 0.15) is 5.60 Å². The molecule has 2 atom stereocenters. The SMILES string of the molecule is C.CC(C)C(C)(C)C.CC(C)C(C)(C)C(F)(F)F.CC(C)C(C)(C)C1CCCC1.CC(C)C(C)(CF)CF.CC(C)C(C)(F)F.CC(C)C(C)(O)C(F)F.CC(C)CC(C)(C)C.CCC(C)(O)C(C)C. The van der Waals surface area contributed by atoms with Gasteiger partial charge in [-0.2, -0.15) is 13.2 Å². The molecule has 70 heavy (non-hydrogen) atoms. The summed E-state index contributed by atoms with van der Waals surface area (Å²) in [6.45, 7) is 58.1. The predicted octanol–water partition coefficient (Wildman–Crippen LogP) is 21.8. The number of hydrogen-bond acceptors (Lipinski definition) is 2. The zero-order valence-electron chi connectivity index (χ0n) is 51.2. The molecule has 11 heteroatoms. The van der Waals surface area contributed by atoms with Crippen LogP contribution in [0.4, 0.5) is 39.5 Å². The van der Waals surface area contributed by atoms with Crippen LogP contribution in [0.1, 0.15) is 261 Å². The highest BCUT2D eigenvalue weighted by molar-refractivity contribution is 4.84. The van der Waals surface area contributed by atoms with Crippen LogP contribution in [0.5, 0.6) is 0 Å². The highest BCUT2D eigenvalue weighted by Gasteiger charge is 2.49. The average Bonchev–Trinajstić information content (AvgIpc) is 3.70. The number of aliphatic hydroxyl groups is 2. The van der Waals surface area contributed by atoms with E-state index in [0.717, 1.165) is 43.9 Å². The normalized spacial score (nSPS) is 15.6. The van der Waals surface area contributed by atoms with E-state index in [-0.39, 0.29) is 19.3 Å². The summed E-state index contributed by atoms with van der Waals surface area (Å²) < 4.78 is 108. The van der Waals surface area contributed by atoms with Crippen LogP contribution in [-0.4, -0.2) is 53.3 Å². The molecule has 0 heterocycles. The number of hydrogen-bond donors (Lipinski definition) is 2. The first-order valence-corrected chi connectivity index (χ1v) is 26.3. The van der Waals surface area contributed by atoms with Crippen molar-refractivity contribution in [3.05, 3.63) is 0 Å². The molecule has 2 nitrogen and oxygen atoms in total. The fraction of sp³-hybridized carbons (Fsp3) is 1.00. The topological polar surface area (TPSA) is 40.5 Å². The van der Waals surface area contributed by atoms with Crippen molar-refractivity contribution < 1.29 is 49.7 Å². The van der Waals surface area contributed by atoms with Crippen LogP contribution in [0.15, 0.2) is 0 Å². The van der Waals surface area contributed by atoms with Gasteiger partial charge in [0.05, 0.1) is 24.4 Å². The van der Waals surface area contributed by atoms with Gasteiger partial charge in [-0.25, -0.2) is 17.6 Å². The van der Waals surface area contributed by atoms with Gasteiger partial charge in [0, 0.05) is 11.3 Å². The molecule has 436 valence electrons. The van der Waals surface area contributed by atoms with Crippen molar-refractivity contribution in [1.29, 1.82) is 0 Å². The van der Waals surface area contributed by atoms with Gasteiger partial charge in [0.15, 0.2) is 0 Å². The Bertz CT molecular complexity index is 1130. The Morgan fingerprint density at radius 2 is 0.800 bits per heavy atom. The van der Waals surface area contributed by atoms with Crippen molar-refractivity contribution in [2.45, 2.75) is 290 Å². The Morgan fingerprint density at radius 1 is 0.486 bits per heavy atom. The van der Waals surface area contributed by atoms with E-state index < -0.39 is 65.7 Å². The lowest BCUT2D eigenvalue weighted by Gasteiger charge is -2.35. The third-order valence-corrected chi connectivity index (χ3v) is 15.4. The fourth-order valence-electron chi connectivity index (χ4n) is 4.70. The minimum absolute atomic E-state index is 0. The molecule has 1 aliphatic rings. The molecule has 2 unspecified atom stereocenters. The molecule has 1 fully saturated rings. The maximum Gasteiger partial charge on any atom is 0.394 e. The van der Waals surface area contributed by atoms with Crippen LogP contribution in [-0.2, 0) is 0 Å². The van der Waals surface area contributed by atoms with E-state index in [4.69, 9.17) is 5.11 Å². The van der Waals surface area contributed by atoms with Crippen molar-refractivity contribution >= 4 is 0 Å². The highest BCUT2D eigenvalue weighted by atomic mass is 19.4. The third-order valence-electron chi connectivity index (χ3n) is 15.4. The van der Waals surface area contributed by atoms with Gasteiger partial charge in [0.2, 0.25) is 5.92 Å². The third kappa shape index (κ3) is 42.6. The van der Waals surface area contributed by atoms with Gasteiger partial charge < -0.3 is 10.2 Å². The molecule has 0 amide bonds. The summed E-state index contributed by atoms with van der Waals surface area (Å²) >= 11 is 0. The van der Waals surface area contributed by atoms with E-state index in [1.54, 1.807) is 34.6 Å². The molecule has 0 aromatic rings. The summed E-state index contributed by atoms with van der Waals surface area (Å²) in [6.07, 6.45) is 1.33. The Balaban J connectivity index is -0.000000105. The lowest BCUT2D eigenvalue weighted by Crippen LogP contribution is -2.38. The van der Waals surface area contributed by atoms with E-state index in [1.165, 1.54) is 59.8 Å². The van der Waals surface area contributed by atoms with E-state index in [0.29, 0.717) is 22.2 Å². The van der Waals surface area contributed by atoms with Gasteiger partial charge >= 0.3 is 6.18 Å². The second-order valence-electron chi connectivity index (χ2n) is 26.7. The van der Waals surface area contributed by atoms with Crippen LogP contribution >= 0.6 is 0 Å². The molecule has 0 aromatic heterocycles. The second-order valence-corrected chi connectivity index (χ2v) is 26.7. The first kappa shape index (κ1) is 86.0. The lowest BCUT2D eigenvalue weighted by atomic mass is 9.70. The molecule has 1 rings (SSSR count). The molecule has 0 aliphatic heterocycles. The maximum atomic E-state index is 12.1. The Hall–Kier alpha value is -0.710. The fourth-order valence-corrected chi connectivity index (χ4v) is 4.70. The number of rotatable bonds is 12. The van der Waals surface area contributed by atoms with Crippen molar-refractivity contribution in [1.82, 2.24) is 0 Å². The molecule has 1 saturated carbocycles. The predicted molar refractivity (Wildman–Crippen MR) is 293 cm³/mol. The average molecular weight is 1040 g/mol. The van der Waals surface area contributed by atoms with Crippen LogP contribution < -0.4 is 0 Å². The summed E-state index contributed by atoms with van der Waals surface area (Å²) in [5.41, 5.74) is -3.00. The molecule has 1 aliphatic carbocycles. The minimum Gasteiger partial charge on any atom is -0.390 e. The first-order valence-electron chi connectivity index (χ1n) is 26.3. The highest BCUT2D eigenvalue weighted by Crippen LogP contribution is 2.44. The van der Waals surface area contributed by atoms with E-state index >= 15 is 0 Å². The van der Waals surface area contributed by atoms with Gasteiger partial charge in [0.25, 0.3) is 6.43 Å². The van der Waals surface area contributed by atoms with Crippen LogP contribution in [0, 0.1) is 80.3 Å². The van der Waals surface area contributed by atoms with Gasteiger partial charge in [-0.05, 0) is 110 Å². The molecule has 0 saturated heterocycles. The zero-order valence-corrected chi connectivity index (χ0v) is 51.2. The Kier molecular flexibility index (Phi) is 45.6. The molecular weight excluding hydrogens is 912 g/mol. The van der Waals surface area contributed by atoms with Crippen LogP contribution in [0.3, 0.4) is 0 Å². The zero-order chi connectivity index (χ0) is 57.9. The Morgan fingerprint density at radius 3 is 0.857 bits per heavy atom. The lowest BCUT2D eigenvalue weighted by molar-refractivity contribution is -0.225.